The lowest BCUT2D eigenvalue weighted by Gasteiger charge is -2.15. The van der Waals surface area contributed by atoms with E-state index in [2.05, 4.69) is 4.98 Å². The molecule has 0 aliphatic carbocycles. The minimum absolute atomic E-state index is 0.133. The van der Waals surface area contributed by atoms with Crippen LogP contribution >= 0.6 is 11.3 Å². The lowest BCUT2D eigenvalue weighted by atomic mass is 10.1. The van der Waals surface area contributed by atoms with Gasteiger partial charge in [-0.25, -0.2) is 4.98 Å². The number of thiazole rings is 1. The molecule has 1 rings (SSSR count). The van der Waals surface area contributed by atoms with Gasteiger partial charge >= 0.3 is 0 Å². The molecule has 1 aromatic rings. The van der Waals surface area contributed by atoms with Crippen LogP contribution in [0.2, 0.25) is 0 Å². The number of aromatic nitrogens is 1. The second kappa shape index (κ2) is 4.54. The van der Waals surface area contributed by atoms with E-state index in [0.717, 1.165) is 12.1 Å². The second-order valence-corrected chi connectivity index (χ2v) is 3.54. The van der Waals surface area contributed by atoms with Gasteiger partial charge in [0.25, 0.3) is 0 Å². The number of aliphatic hydroxyl groups excluding tert-OH is 1. The van der Waals surface area contributed by atoms with E-state index in [4.69, 9.17) is 5.73 Å². The zero-order valence-corrected chi connectivity index (χ0v) is 7.92. The van der Waals surface area contributed by atoms with Crippen molar-refractivity contribution in [2.24, 2.45) is 5.73 Å². The molecule has 0 amide bonds. The Labute approximate surface area is 76.3 Å². The van der Waals surface area contributed by atoms with E-state index < -0.39 is 6.10 Å². The molecular formula is C8H14N2OS. The topological polar surface area (TPSA) is 59.1 Å². The van der Waals surface area contributed by atoms with Crippen LogP contribution < -0.4 is 5.73 Å². The predicted octanol–water partition coefficient (Wildman–Crippen LogP) is 0.784. The summed E-state index contributed by atoms with van der Waals surface area (Å²) in [5.74, 6) is 0. The van der Waals surface area contributed by atoms with Crippen LogP contribution in [0.5, 0.6) is 0 Å². The van der Waals surface area contributed by atoms with Gasteiger partial charge in [0, 0.05) is 17.8 Å². The molecular weight excluding hydrogens is 172 g/mol. The molecule has 0 saturated carbocycles. The van der Waals surface area contributed by atoms with Crippen molar-refractivity contribution in [2.75, 3.05) is 0 Å². The summed E-state index contributed by atoms with van der Waals surface area (Å²) in [5.41, 5.74) is 8.35. The summed E-state index contributed by atoms with van der Waals surface area (Å²) in [6.45, 7) is 1.97. The molecule has 3 nitrogen and oxygen atoms in total. The first-order valence-corrected chi connectivity index (χ1v) is 4.99. The quantitative estimate of drug-likeness (QED) is 0.730. The first-order chi connectivity index (χ1) is 5.74. The van der Waals surface area contributed by atoms with Gasteiger partial charge in [-0.1, -0.05) is 6.92 Å². The van der Waals surface area contributed by atoms with Crippen molar-refractivity contribution in [3.63, 3.8) is 0 Å². The van der Waals surface area contributed by atoms with Crippen LogP contribution in [-0.4, -0.2) is 22.2 Å². The van der Waals surface area contributed by atoms with Gasteiger partial charge in [-0.2, -0.15) is 0 Å². The third-order valence-electron chi connectivity index (χ3n) is 1.87. The number of hydrogen-bond donors (Lipinski definition) is 2. The highest BCUT2D eigenvalue weighted by Gasteiger charge is 2.13. The second-order valence-electron chi connectivity index (χ2n) is 2.82. The zero-order chi connectivity index (χ0) is 8.97. The van der Waals surface area contributed by atoms with Gasteiger partial charge in [0.2, 0.25) is 0 Å². The standard InChI is InChI=1S/C8H14N2OS/c1-2-7(9)8(11)3-6-4-12-5-10-6/h4-5,7-8,11H,2-3,9H2,1H3. The number of hydrogen-bond acceptors (Lipinski definition) is 4. The van der Waals surface area contributed by atoms with E-state index in [1.165, 1.54) is 11.3 Å². The Bertz CT molecular complexity index is 213. The molecule has 0 aliphatic rings. The van der Waals surface area contributed by atoms with E-state index in [1.54, 1.807) is 5.51 Å². The molecule has 0 bridgehead atoms. The van der Waals surface area contributed by atoms with Gasteiger partial charge in [-0.05, 0) is 6.42 Å². The van der Waals surface area contributed by atoms with Crippen LogP contribution in [-0.2, 0) is 6.42 Å². The average molecular weight is 186 g/mol. The Kier molecular flexibility index (Phi) is 3.65. The van der Waals surface area contributed by atoms with Gasteiger partial charge in [0.1, 0.15) is 0 Å². The van der Waals surface area contributed by atoms with Crippen molar-refractivity contribution in [1.29, 1.82) is 0 Å². The Balaban J connectivity index is 2.41. The van der Waals surface area contributed by atoms with Crippen molar-refractivity contribution in [3.05, 3.63) is 16.6 Å². The molecule has 0 spiro atoms. The summed E-state index contributed by atoms with van der Waals surface area (Å²) in [5, 5.41) is 11.5. The van der Waals surface area contributed by atoms with Crippen molar-refractivity contribution in [1.82, 2.24) is 4.98 Å². The highest BCUT2D eigenvalue weighted by Crippen LogP contribution is 2.07. The Morgan fingerprint density at radius 2 is 2.50 bits per heavy atom. The third-order valence-corrected chi connectivity index (χ3v) is 2.50. The smallest absolute Gasteiger partial charge is 0.0794 e. The van der Waals surface area contributed by atoms with Crippen molar-refractivity contribution >= 4 is 11.3 Å². The zero-order valence-electron chi connectivity index (χ0n) is 7.10. The molecule has 1 aromatic heterocycles. The van der Waals surface area contributed by atoms with Gasteiger partial charge in [0.15, 0.2) is 0 Å². The lowest BCUT2D eigenvalue weighted by molar-refractivity contribution is 0.142. The molecule has 1 heterocycles. The highest BCUT2D eigenvalue weighted by molar-refractivity contribution is 7.07. The minimum atomic E-state index is -0.461. The van der Waals surface area contributed by atoms with E-state index in [-0.39, 0.29) is 6.04 Å². The average Bonchev–Trinajstić information content (AvgIpc) is 2.55. The van der Waals surface area contributed by atoms with Crippen LogP contribution in [0.3, 0.4) is 0 Å². The highest BCUT2D eigenvalue weighted by atomic mass is 32.1. The number of nitrogens with zero attached hydrogens (tertiary/aromatic N) is 1. The summed E-state index contributed by atoms with van der Waals surface area (Å²) >= 11 is 1.54. The molecule has 68 valence electrons. The lowest BCUT2D eigenvalue weighted by Crippen LogP contribution is -2.35. The summed E-state index contributed by atoms with van der Waals surface area (Å²) in [4.78, 5) is 4.08. The van der Waals surface area contributed by atoms with E-state index in [1.807, 2.05) is 12.3 Å². The summed E-state index contributed by atoms with van der Waals surface area (Å²) in [7, 11) is 0. The number of nitrogens with two attached hydrogens (primary N) is 1. The van der Waals surface area contributed by atoms with Crippen molar-refractivity contribution in [3.8, 4) is 0 Å². The molecule has 2 unspecified atom stereocenters. The Hall–Kier alpha value is -0.450. The molecule has 0 fully saturated rings. The molecule has 2 atom stereocenters. The Morgan fingerprint density at radius 1 is 1.75 bits per heavy atom. The molecule has 3 N–H and O–H groups in total. The SMILES string of the molecule is CCC(N)C(O)Cc1cscn1. The fourth-order valence-corrected chi connectivity index (χ4v) is 1.55. The fraction of sp³-hybridized carbons (Fsp3) is 0.625. The van der Waals surface area contributed by atoms with Gasteiger partial charge in [-0.15, -0.1) is 11.3 Å². The molecule has 0 aromatic carbocycles. The minimum Gasteiger partial charge on any atom is -0.391 e. The first kappa shape index (κ1) is 9.64. The van der Waals surface area contributed by atoms with E-state index >= 15 is 0 Å². The maximum Gasteiger partial charge on any atom is 0.0794 e. The molecule has 12 heavy (non-hydrogen) atoms. The van der Waals surface area contributed by atoms with Crippen LogP contribution in [0.4, 0.5) is 0 Å². The number of aliphatic hydroxyl groups is 1. The molecule has 0 radical (unpaired) electrons. The fourth-order valence-electron chi connectivity index (χ4n) is 0.976. The van der Waals surface area contributed by atoms with Gasteiger partial charge < -0.3 is 10.8 Å². The largest absolute Gasteiger partial charge is 0.391 e. The molecule has 0 saturated heterocycles. The van der Waals surface area contributed by atoms with Crippen molar-refractivity contribution < 1.29 is 5.11 Å². The predicted molar refractivity (Wildman–Crippen MR) is 50.1 cm³/mol. The monoisotopic (exact) mass is 186 g/mol. The summed E-state index contributed by atoms with van der Waals surface area (Å²) < 4.78 is 0. The van der Waals surface area contributed by atoms with E-state index in [0.29, 0.717) is 6.42 Å². The maximum absolute atomic E-state index is 9.53. The van der Waals surface area contributed by atoms with Crippen LogP contribution in [0.25, 0.3) is 0 Å². The van der Waals surface area contributed by atoms with Crippen LogP contribution in [0.15, 0.2) is 10.9 Å². The summed E-state index contributed by atoms with van der Waals surface area (Å²) in [6, 6.07) is -0.133. The third kappa shape index (κ3) is 2.55. The van der Waals surface area contributed by atoms with Crippen LogP contribution in [0, 0.1) is 0 Å². The Morgan fingerprint density at radius 3 is 3.00 bits per heavy atom. The van der Waals surface area contributed by atoms with Gasteiger partial charge in [0.05, 0.1) is 17.3 Å². The maximum atomic E-state index is 9.53. The molecule has 0 aliphatic heterocycles. The molecule has 4 heteroatoms. The normalized spacial score (nSPS) is 15.9. The van der Waals surface area contributed by atoms with Crippen molar-refractivity contribution in [2.45, 2.75) is 31.9 Å². The first-order valence-electron chi connectivity index (χ1n) is 4.04. The van der Waals surface area contributed by atoms with E-state index in [9.17, 15) is 5.11 Å². The number of rotatable bonds is 4. The van der Waals surface area contributed by atoms with Crippen LogP contribution in [0.1, 0.15) is 19.0 Å². The van der Waals surface area contributed by atoms with Gasteiger partial charge in [-0.3, -0.25) is 0 Å². The summed E-state index contributed by atoms with van der Waals surface area (Å²) in [6.07, 6.45) is 0.904.